The molecule has 0 bridgehead atoms. The van der Waals surface area contributed by atoms with Crippen molar-refractivity contribution in [2.24, 2.45) is 7.05 Å². The highest BCUT2D eigenvalue weighted by molar-refractivity contribution is 5.86. The van der Waals surface area contributed by atoms with E-state index in [-0.39, 0.29) is 5.54 Å². The van der Waals surface area contributed by atoms with Crippen LogP contribution in [0.15, 0.2) is 24.4 Å². The molecule has 1 aliphatic heterocycles. The van der Waals surface area contributed by atoms with Crippen LogP contribution in [0.2, 0.25) is 0 Å². The van der Waals surface area contributed by atoms with Gasteiger partial charge in [-0.1, -0.05) is 0 Å². The molecule has 3 rings (SSSR count). The van der Waals surface area contributed by atoms with E-state index in [2.05, 4.69) is 42.2 Å². The predicted octanol–water partition coefficient (Wildman–Crippen LogP) is 2.79. The van der Waals surface area contributed by atoms with Crippen molar-refractivity contribution in [1.82, 2.24) is 9.88 Å². The van der Waals surface area contributed by atoms with Gasteiger partial charge in [0.05, 0.1) is 7.11 Å². The van der Waals surface area contributed by atoms with E-state index in [1.54, 1.807) is 7.11 Å². The first-order valence-electron chi connectivity index (χ1n) is 6.53. The summed E-state index contributed by atoms with van der Waals surface area (Å²) in [6.07, 6.45) is 4.70. The van der Waals surface area contributed by atoms with E-state index in [0.29, 0.717) is 0 Å². The molecule has 1 aliphatic rings. The fourth-order valence-electron chi connectivity index (χ4n) is 3.06. The van der Waals surface area contributed by atoms with Crippen LogP contribution < -0.4 is 10.1 Å². The fraction of sp³-hybridized carbons (Fsp3) is 0.467. The summed E-state index contributed by atoms with van der Waals surface area (Å²) >= 11 is 0. The van der Waals surface area contributed by atoms with E-state index >= 15 is 0 Å². The maximum Gasteiger partial charge on any atom is 0.119 e. The Hall–Kier alpha value is -1.48. The highest BCUT2D eigenvalue weighted by Gasteiger charge is 2.32. The van der Waals surface area contributed by atoms with Crippen LogP contribution in [0.4, 0.5) is 0 Å². The van der Waals surface area contributed by atoms with Crippen LogP contribution in [0.25, 0.3) is 10.9 Å². The Morgan fingerprint density at radius 2 is 2.22 bits per heavy atom. The van der Waals surface area contributed by atoms with Gasteiger partial charge in [-0.3, -0.25) is 0 Å². The number of ether oxygens (including phenoxy) is 1. The zero-order chi connectivity index (χ0) is 12.8. The van der Waals surface area contributed by atoms with Crippen molar-refractivity contribution in [1.29, 1.82) is 0 Å². The van der Waals surface area contributed by atoms with E-state index < -0.39 is 0 Å². The van der Waals surface area contributed by atoms with Crippen molar-refractivity contribution in [2.45, 2.75) is 25.3 Å². The van der Waals surface area contributed by atoms with Gasteiger partial charge in [-0.15, -0.1) is 0 Å². The largest absolute Gasteiger partial charge is 0.497 e. The van der Waals surface area contributed by atoms with Gasteiger partial charge >= 0.3 is 0 Å². The number of nitrogens with zero attached hydrogens (tertiary/aromatic N) is 1. The highest BCUT2D eigenvalue weighted by atomic mass is 16.5. The molecular formula is C15H20N2O. The Kier molecular flexibility index (Phi) is 2.59. The first-order chi connectivity index (χ1) is 8.64. The molecule has 0 radical (unpaired) electrons. The number of rotatable bonds is 2. The standard InChI is InChI=1S/C15H20N2O/c1-15(7-4-8-16-15)13-10-17(2)14-6-5-11(18-3)9-12(13)14/h5-6,9-10,16H,4,7-8H2,1-3H3. The number of aromatic nitrogens is 1. The van der Waals surface area contributed by atoms with Crippen LogP contribution in [0, 0.1) is 0 Å². The Morgan fingerprint density at radius 3 is 2.89 bits per heavy atom. The molecule has 0 amide bonds. The molecular weight excluding hydrogens is 224 g/mol. The van der Waals surface area contributed by atoms with Crippen molar-refractivity contribution in [3.8, 4) is 5.75 Å². The minimum Gasteiger partial charge on any atom is -0.497 e. The summed E-state index contributed by atoms with van der Waals surface area (Å²) in [6, 6.07) is 6.31. The van der Waals surface area contributed by atoms with Crippen LogP contribution in [0.5, 0.6) is 5.75 Å². The molecule has 1 aromatic carbocycles. The molecule has 96 valence electrons. The molecule has 1 unspecified atom stereocenters. The number of methoxy groups -OCH3 is 1. The lowest BCUT2D eigenvalue weighted by molar-refractivity contribution is 0.415. The molecule has 1 fully saturated rings. The molecule has 1 atom stereocenters. The van der Waals surface area contributed by atoms with Gasteiger partial charge in [0.25, 0.3) is 0 Å². The van der Waals surface area contributed by atoms with Gasteiger partial charge in [-0.25, -0.2) is 0 Å². The van der Waals surface area contributed by atoms with E-state index in [4.69, 9.17) is 4.74 Å². The van der Waals surface area contributed by atoms with Gasteiger partial charge in [0.2, 0.25) is 0 Å². The zero-order valence-electron chi connectivity index (χ0n) is 11.3. The molecule has 3 heteroatoms. The molecule has 0 spiro atoms. The van der Waals surface area contributed by atoms with E-state index in [9.17, 15) is 0 Å². The Balaban J connectivity index is 2.22. The Morgan fingerprint density at radius 1 is 1.39 bits per heavy atom. The third kappa shape index (κ3) is 1.62. The average Bonchev–Trinajstić information content (AvgIpc) is 2.95. The normalized spacial score (nSPS) is 23.7. The van der Waals surface area contributed by atoms with E-state index in [1.807, 2.05) is 6.07 Å². The molecule has 3 nitrogen and oxygen atoms in total. The number of fused-ring (bicyclic) bond motifs is 1. The minimum atomic E-state index is 0.103. The third-order valence-corrected chi connectivity index (χ3v) is 4.16. The lowest BCUT2D eigenvalue weighted by atomic mass is 9.90. The number of hydrogen-bond donors (Lipinski definition) is 1. The Labute approximate surface area is 108 Å². The topological polar surface area (TPSA) is 26.2 Å². The van der Waals surface area contributed by atoms with E-state index in [0.717, 1.165) is 12.3 Å². The lowest BCUT2D eigenvalue weighted by Gasteiger charge is -2.24. The van der Waals surface area contributed by atoms with Crippen molar-refractivity contribution in [3.05, 3.63) is 30.0 Å². The van der Waals surface area contributed by atoms with E-state index in [1.165, 1.54) is 29.3 Å². The zero-order valence-corrected chi connectivity index (χ0v) is 11.3. The van der Waals surface area contributed by atoms with Crippen molar-refractivity contribution in [2.75, 3.05) is 13.7 Å². The fourth-order valence-corrected chi connectivity index (χ4v) is 3.06. The smallest absolute Gasteiger partial charge is 0.119 e. The van der Waals surface area contributed by atoms with Crippen molar-refractivity contribution in [3.63, 3.8) is 0 Å². The second-order valence-corrected chi connectivity index (χ2v) is 5.40. The van der Waals surface area contributed by atoms with Crippen LogP contribution in [0.3, 0.4) is 0 Å². The van der Waals surface area contributed by atoms with Crippen molar-refractivity contribution < 1.29 is 4.74 Å². The summed E-state index contributed by atoms with van der Waals surface area (Å²) in [5.41, 5.74) is 2.75. The third-order valence-electron chi connectivity index (χ3n) is 4.16. The average molecular weight is 244 g/mol. The monoisotopic (exact) mass is 244 g/mol. The molecule has 1 saturated heterocycles. The summed E-state index contributed by atoms with van der Waals surface area (Å²) in [7, 11) is 3.83. The predicted molar refractivity (Wildman–Crippen MR) is 74.1 cm³/mol. The SMILES string of the molecule is COc1ccc2c(c1)c(C1(C)CCCN1)cn2C. The van der Waals surface area contributed by atoms with Crippen LogP contribution in [-0.4, -0.2) is 18.2 Å². The lowest BCUT2D eigenvalue weighted by Crippen LogP contribution is -2.32. The summed E-state index contributed by atoms with van der Waals surface area (Å²) in [5, 5.41) is 4.94. The second kappa shape index (κ2) is 4.02. The van der Waals surface area contributed by atoms with Gasteiger partial charge in [0.1, 0.15) is 5.75 Å². The maximum atomic E-state index is 5.35. The summed E-state index contributed by atoms with van der Waals surface area (Å²) in [6.45, 7) is 3.41. The second-order valence-electron chi connectivity index (χ2n) is 5.40. The molecule has 2 aromatic rings. The van der Waals surface area contributed by atoms with Crippen molar-refractivity contribution >= 4 is 10.9 Å². The Bertz CT molecular complexity index is 579. The quantitative estimate of drug-likeness (QED) is 0.879. The first kappa shape index (κ1) is 11.6. The molecule has 0 aliphatic carbocycles. The minimum absolute atomic E-state index is 0.103. The highest BCUT2D eigenvalue weighted by Crippen LogP contribution is 2.37. The molecule has 0 saturated carbocycles. The van der Waals surface area contributed by atoms with Gasteiger partial charge in [0, 0.05) is 29.7 Å². The number of benzene rings is 1. The molecule has 1 N–H and O–H groups in total. The van der Waals surface area contributed by atoms with Crippen LogP contribution in [0.1, 0.15) is 25.3 Å². The van der Waals surface area contributed by atoms with Gasteiger partial charge < -0.3 is 14.6 Å². The number of nitrogens with one attached hydrogen (secondary N) is 1. The first-order valence-corrected chi connectivity index (χ1v) is 6.53. The van der Waals surface area contributed by atoms with Gasteiger partial charge in [-0.05, 0) is 50.1 Å². The molecule has 18 heavy (non-hydrogen) atoms. The number of hydrogen-bond acceptors (Lipinski definition) is 2. The summed E-state index contributed by atoms with van der Waals surface area (Å²) in [4.78, 5) is 0. The maximum absolute atomic E-state index is 5.35. The molecule has 2 heterocycles. The summed E-state index contributed by atoms with van der Waals surface area (Å²) < 4.78 is 7.56. The van der Waals surface area contributed by atoms with Crippen LogP contribution >= 0.6 is 0 Å². The van der Waals surface area contributed by atoms with Crippen LogP contribution in [-0.2, 0) is 12.6 Å². The summed E-state index contributed by atoms with van der Waals surface area (Å²) in [5.74, 6) is 0.927. The van der Waals surface area contributed by atoms with Gasteiger partial charge in [0.15, 0.2) is 0 Å². The van der Waals surface area contributed by atoms with Gasteiger partial charge in [-0.2, -0.15) is 0 Å². The molecule has 1 aromatic heterocycles. The number of aryl methyl sites for hydroxylation is 1.